The van der Waals surface area contributed by atoms with Crippen molar-refractivity contribution in [2.75, 3.05) is 24.7 Å². The average Bonchev–Trinajstić information content (AvgIpc) is 3.15. The number of hydrogen-bond acceptors (Lipinski definition) is 7. The molecule has 6 nitrogen and oxygen atoms in total. The maximum Gasteiger partial charge on any atom is 0.303 e. The van der Waals surface area contributed by atoms with E-state index in [0.717, 1.165) is 30.8 Å². The highest BCUT2D eigenvalue weighted by atomic mass is 32.2. The number of carbonyl (C=O) groups excluding carboxylic acids is 1. The van der Waals surface area contributed by atoms with E-state index in [0.29, 0.717) is 48.2 Å². The first-order valence-corrected chi connectivity index (χ1v) is 12.9. The first kappa shape index (κ1) is 25.9. The van der Waals surface area contributed by atoms with Gasteiger partial charge in [0.2, 0.25) is 0 Å². The van der Waals surface area contributed by atoms with E-state index in [-0.39, 0.29) is 22.9 Å². The number of carboxylic acids is 1. The molecule has 1 fully saturated rings. The summed E-state index contributed by atoms with van der Waals surface area (Å²) in [6, 6.07) is 3.41. The summed E-state index contributed by atoms with van der Waals surface area (Å²) in [4.78, 5) is 22.2. The summed E-state index contributed by atoms with van der Waals surface area (Å²) in [5, 5.41) is 19.7. The van der Waals surface area contributed by atoms with Gasteiger partial charge in [-0.25, -0.2) is 0 Å². The molecule has 0 aromatic heterocycles. The molecule has 0 amide bonds. The monoisotopic (exact) mass is 470 g/mol. The van der Waals surface area contributed by atoms with Crippen LogP contribution in [0.15, 0.2) is 12.1 Å². The molecule has 1 aromatic carbocycles. The number of hydrogen-bond donors (Lipinski definition) is 2. The summed E-state index contributed by atoms with van der Waals surface area (Å²) in [5.74, 6) is 1.69. The van der Waals surface area contributed by atoms with E-state index in [2.05, 4.69) is 6.92 Å². The fraction of sp³-hybridized carbons (Fsp3) is 0.652. The van der Waals surface area contributed by atoms with Crippen LogP contribution in [-0.4, -0.2) is 56.9 Å². The molecule has 1 saturated heterocycles. The second-order valence-corrected chi connectivity index (χ2v) is 10.5. The lowest BCUT2D eigenvalue weighted by Crippen LogP contribution is -2.24. The van der Waals surface area contributed by atoms with Crippen LogP contribution in [0, 0.1) is 0 Å². The van der Waals surface area contributed by atoms with Gasteiger partial charge in [0.1, 0.15) is 16.4 Å². The number of benzene rings is 1. The van der Waals surface area contributed by atoms with E-state index in [4.69, 9.17) is 14.6 Å². The van der Waals surface area contributed by atoms with Gasteiger partial charge in [0.25, 0.3) is 0 Å². The van der Waals surface area contributed by atoms with Crippen molar-refractivity contribution in [2.24, 2.45) is 0 Å². The molecule has 0 unspecified atom stereocenters. The highest BCUT2D eigenvalue weighted by Gasteiger charge is 2.39. The van der Waals surface area contributed by atoms with Gasteiger partial charge in [-0.2, -0.15) is 11.8 Å². The molecule has 1 heterocycles. The second-order valence-electron chi connectivity index (χ2n) is 7.73. The SMILES string of the molecule is CCCc1c(OCCCSC[C@@H]2CO[C@](CC)(CCC(=O)O)S2)ccc(C(C)=O)c1O. The third kappa shape index (κ3) is 7.61. The third-order valence-corrected chi connectivity index (χ3v) is 8.39. The van der Waals surface area contributed by atoms with Gasteiger partial charge >= 0.3 is 5.97 Å². The summed E-state index contributed by atoms with van der Waals surface area (Å²) in [5.41, 5.74) is 1.05. The van der Waals surface area contributed by atoms with Gasteiger partial charge in [-0.1, -0.05) is 20.3 Å². The molecular formula is C23H34O6S2. The van der Waals surface area contributed by atoms with Gasteiger partial charge in [-0.15, -0.1) is 11.8 Å². The number of thioether (sulfide) groups is 2. The van der Waals surface area contributed by atoms with Crippen molar-refractivity contribution in [1.82, 2.24) is 0 Å². The normalized spacial score (nSPS) is 20.7. The third-order valence-electron chi connectivity index (χ3n) is 5.29. The Labute approximate surface area is 193 Å². The van der Waals surface area contributed by atoms with Crippen molar-refractivity contribution < 1.29 is 29.3 Å². The largest absolute Gasteiger partial charge is 0.507 e. The summed E-state index contributed by atoms with van der Waals surface area (Å²) < 4.78 is 11.9. The van der Waals surface area contributed by atoms with E-state index in [1.165, 1.54) is 6.92 Å². The zero-order valence-electron chi connectivity index (χ0n) is 18.6. The fourth-order valence-electron chi connectivity index (χ4n) is 3.58. The Kier molecular flexibility index (Phi) is 10.5. The first-order chi connectivity index (χ1) is 14.8. The number of carboxylic acid groups (broad SMARTS) is 1. The molecule has 0 bridgehead atoms. The summed E-state index contributed by atoms with van der Waals surface area (Å²) in [7, 11) is 0. The number of aromatic hydroxyl groups is 1. The zero-order valence-corrected chi connectivity index (χ0v) is 20.3. The molecular weight excluding hydrogens is 436 g/mol. The number of rotatable bonds is 14. The molecule has 1 aliphatic rings. The molecule has 2 rings (SSSR count). The van der Waals surface area contributed by atoms with E-state index in [1.807, 2.05) is 18.7 Å². The molecule has 8 heteroatoms. The number of phenolic OH excluding ortho intramolecular Hbond substituents is 1. The molecule has 174 valence electrons. The second kappa shape index (κ2) is 12.6. The minimum atomic E-state index is -0.777. The van der Waals surface area contributed by atoms with Crippen molar-refractivity contribution in [2.45, 2.75) is 69.5 Å². The van der Waals surface area contributed by atoms with Crippen molar-refractivity contribution in [1.29, 1.82) is 0 Å². The van der Waals surface area contributed by atoms with E-state index >= 15 is 0 Å². The van der Waals surface area contributed by atoms with E-state index in [9.17, 15) is 14.7 Å². The molecule has 2 atom stereocenters. The van der Waals surface area contributed by atoms with Crippen LogP contribution in [0.4, 0.5) is 0 Å². The average molecular weight is 471 g/mol. The minimum absolute atomic E-state index is 0.0433. The van der Waals surface area contributed by atoms with Crippen LogP contribution >= 0.6 is 23.5 Å². The Balaban J connectivity index is 1.74. The lowest BCUT2D eigenvalue weighted by atomic mass is 10.0. The number of ether oxygens (including phenoxy) is 2. The Morgan fingerprint density at radius 1 is 1.35 bits per heavy atom. The van der Waals surface area contributed by atoms with Crippen LogP contribution in [0.1, 0.15) is 68.8 Å². The zero-order chi connectivity index (χ0) is 22.9. The van der Waals surface area contributed by atoms with Gasteiger partial charge in [0.15, 0.2) is 5.78 Å². The molecule has 2 N–H and O–H groups in total. The van der Waals surface area contributed by atoms with Crippen LogP contribution in [0.5, 0.6) is 11.5 Å². The summed E-state index contributed by atoms with van der Waals surface area (Å²) >= 11 is 3.63. The lowest BCUT2D eigenvalue weighted by Gasteiger charge is -2.25. The number of carbonyl (C=O) groups is 2. The van der Waals surface area contributed by atoms with Crippen molar-refractivity contribution in [3.63, 3.8) is 0 Å². The quantitative estimate of drug-likeness (QED) is 0.285. The highest BCUT2D eigenvalue weighted by molar-refractivity contribution is 8.04. The van der Waals surface area contributed by atoms with Crippen LogP contribution in [0.25, 0.3) is 0 Å². The van der Waals surface area contributed by atoms with Gasteiger partial charge < -0.3 is 19.7 Å². The van der Waals surface area contributed by atoms with Crippen molar-refractivity contribution in [3.05, 3.63) is 23.3 Å². The lowest BCUT2D eigenvalue weighted by molar-refractivity contribution is -0.138. The number of Topliss-reactive ketones (excluding diaryl/α,β-unsaturated/α-hetero) is 1. The van der Waals surface area contributed by atoms with Crippen LogP contribution in [0.2, 0.25) is 0 Å². The molecule has 0 saturated carbocycles. The highest BCUT2D eigenvalue weighted by Crippen LogP contribution is 2.44. The maximum atomic E-state index is 11.7. The topological polar surface area (TPSA) is 93.1 Å². The Morgan fingerprint density at radius 2 is 2.13 bits per heavy atom. The maximum absolute atomic E-state index is 11.7. The number of phenols is 1. The van der Waals surface area contributed by atoms with Gasteiger partial charge in [-0.3, -0.25) is 9.59 Å². The summed E-state index contributed by atoms with van der Waals surface area (Å²) in [6.07, 6.45) is 3.90. The Morgan fingerprint density at radius 3 is 2.77 bits per heavy atom. The van der Waals surface area contributed by atoms with E-state index < -0.39 is 5.97 Å². The molecule has 31 heavy (non-hydrogen) atoms. The standard InChI is InChI=1S/C23H34O6S2/c1-4-7-19-20(9-8-18(16(3)24)22(19)27)28-12-6-13-30-15-17-14-29-23(5-2,31-17)11-10-21(25)26/h8-9,17,27H,4-7,10-15H2,1-3H3,(H,25,26)/t17-,23-/m0/s1. The Bertz CT molecular complexity index is 754. The first-order valence-electron chi connectivity index (χ1n) is 10.9. The van der Waals surface area contributed by atoms with Crippen LogP contribution < -0.4 is 4.74 Å². The fourth-order valence-corrected chi connectivity index (χ4v) is 6.25. The smallest absolute Gasteiger partial charge is 0.303 e. The minimum Gasteiger partial charge on any atom is -0.507 e. The Hall–Kier alpha value is -1.38. The van der Waals surface area contributed by atoms with Crippen LogP contribution in [-0.2, 0) is 16.0 Å². The molecule has 0 aliphatic carbocycles. The van der Waals surface area contributed by atoms with Gasteiger partial charge in [0, 0.05) is 23.0 Å². The summed E-state index contributed by atoms with van der Waals surface area (Å²) in [6.45, 7) is 6.75. The molecule has 0 radical (unpaired) electrons. The van der Waals surface area contributed by atoms with Crippen LogP contribution in [0.3, 0.4) is 0 Å². The number of ketones is 1. The molecule has 1 aromatic rings. The predicted octanol–water partition coefficient (Wildman–Crippen LogP) is 5.15. The molecule has 1 aliphatic heterocycles. The molecule has 0 spiro atoms. The van der Waals surface area contributed by atoms with Gasteiger partial charge in [0.05, 0.1) is 18.8 Å². The predicted molar refractivity (Wildman–Crippen MR) is 127 cm³/mol. The van der Waals surface area contributed by atoms with Crippen molar-refractivity contribution in [3.8, 4) is 11.5 Å². The number of aliphatic carboxylic acids is 1. The van der Waals surface area contributed by atoms with E-state index in [1.54, 1.807) is 23.9 Å². The van der Waals surface area contributed by atoms with Crippen molar-refractivity contribution >= 4 is 35.3 Å². The van der Waals surface area contributed by atoms with Gasteiger partial charge in [-0.05, 0) is 50.5 Å².